The van der Waals surface area contributed by atoms with E-state index in [1.165, 1.54) is 6.07 Å². The van der Waals surface area contributed by atoms with Crippen molar-refractivity contribution in [1.82, 2.24) is 9.78 Å². The van der Waals surface area contributed by atoms with Crippen LogP contribution in [0.2, 0.25) is 0 Å². The van der Waals surface area contributed by atoms with Gasteiger partial charge in [0.2, 0.25) is 0 Å². The maximum Gasteiger partial charge on any atom is 0.314 e. The van der Waals surface area contributed by atoms with E-state index >= 15 is 0 Å². The zero-order valence-electron chi connectivity index (χ0n) is 9.83. The van der Waals surface area contributed by atoms with Crippen LogP contribution in [0.15, 0.2) is 30.6 Å². The standard InChI is InChI=1S/C11H13N5O2/c1-15-7-8(6-14-15)5-13-10-4-2-3-9(12)11(10)16(17)18/h2-4,6-7,13H,5,12H2,1H3. The van der Waals surface area contributed by atoms with Gasteiger partial charge in [-0.25, -0.2) is 0 Å². The average Bonchev–Trinajstić information content (AvgIpc) is 2.72. The van der Waals surface area contributed by atoms with E-state index in [2.05, 4.69) is 10.4 Å². The van der Waals surface area contributed by atoms with Crippen LogP contribution in [0.5, 0.6) is 0 Å². The molecule has 0 fully saturated rings. The van der Waals surface area contributed by atoms with Gasteiger partial charge in [-0.2, -0.15) is 5.10 Å². The fourth-order valence-corrected chi connectivity index (χ4v) is 1.67. The monoisotopic (exact) mass is 247 g/mol. The molecule has 0 bridgehead atoms. The molecular weight excluding hydrogens is 234 g/mol. The van der Waals surface area contributed by atoms with Gasteiger partial charge in [-0.15, -0.1) is 0 Å². The van der Waals surface area contributed by atoms with Gasteiger partial charge < -0.3 is 11.1 Å². The van der Waals surface area contributed by atoms with Crippen molar-refractivity contribution in [2.24, 2.45) is 7.05 Å². The molecule has 2 rings (SSSR count). The van der Waals surface area contributed by atoms with Crippen LogP contribution in [-0.4, -0.2) is 14.7 Å². The number of nitrogens with one attached hydrogen (secondary N) is 1. The number of nitro groups is 1. The molecule has 7 heteroatoms. The second kappa shape index (κ2) is 4.74. The van der Waals surface area contributed by atoms with Gasteiger partial charge in [0.25, 0.3) is 0 Å². The number of para-hydroxylation sites is 1. The van der Waals surface area contributed by atoms with Crippen LogP contribution in [0.4, 0.5) is 17.1 Å². The molecule has 3 N–H and O–H groups in total. The minimum Gasteiger partial charge on any atom is -0.393 e. The minimum absolute atomic E-state index is 0.0959. The molecule has 1 aromatic carbocycles. The predicted molar refractivity (Wildman–Crippen MR) is 68.0 cm³/mol. The first-order valence-electron chi connectivity index (χ1n) is 5.32. The number of benzene rings is 1. The first kappa shape index (κ1) is 11.9. The molecule has 18 heavy (non-hydrogen) atoms. The zero-order chi connectivity index (χ0) is 13.1. The molecule has 1 heterocycles. The largest absolute Gasteiger partial charge is 0.393 e. The summed E-state index contributed by atoms with van der Waals surface area (Å²) in [5.41, 5.74) is 7.00. The topological polar surface area (TPSA) is 99.0 Å². The van der Waals surface area contributed by atoms with E-state index in [1.54, 1.807) is 23.0 Å². The van der Waals surface area contributed by atoms with Gasteiger partial charge in [0.05, 0.1) is 11.1 Å². The highest BCUT2D eigenvalue weighted by Gasteiger charge is 2.17. The summed E-state index contributed by atoms with van der Waals surface area (Å²) >= 11 is 0. The first-order valence-corrected chi connectivity index (χ1v) is 5.32. The third-order valence-corrected chi connectivity index (χ3v) is 2.49. The average molecular weight is 247 g/mol. The van der Waals surface area contributed by atoms with Crippen molar-refractivity contribution in [3.63, 3.8) is 0 Å². The smallest absolute Gasteiger partial charge is 0.314 e. The Morgan fingerprint density at radius 3 is 2.94 bits per heavy atom. The Kier molecular flexibility index (Phi) is 3.13. The van der Waals surface area contributed by atoms with Crippen molar-refractivity contribution >= 4 is 17.1 Å². The lowest BCUT2D eigenvalue weighted by Crippen LogP contribution is -2.04. The van der Waals surface area contributed by atoms with E-state index in [-0.39, 0.29) is 11.4 Å². The number of aryl methyl sites for hydroxylation is 1. The van der Waals surface area contributed by atoms with Crippen molar-refractivity contribution in [2.45, 2.75) is 6.54 Å². The van der Waals surface area contributed by atoms with Gasteiger partial charge in [-0.05, 0) is 12.1 Å². The molecule has 0 spiro atoms. The molecule has 0 saturated heterocycles. The summed E-state index contributed by atoms with van der Waals surface area (Å²) in [4.78, 5) is 10.4. The second-order valence-electron chi connectivity index (χ2n) is 3.88. The number of aromatic nitrogens is 2. The van der Waals surface area contributed by atoms with Crippen LogP contribution in [0, 0.1) is 10.1 Å². The third kappa shape index (κ3) is 2.40. The third-order valence-electron chi connectivity index (χ3n) is 2.49. The normalized spacial score (nSPS) is 10.3. The molecular formula is C11H13N5O2. The Morgan fingerprint density at radius 2 is 2.33 bits per heavy atom. The summed E-state index contributed by atoms with van der Waals surface area (Å²) in [5, 5.41) is 17.9. The molecule has 0 amide bonds. The van der Waals surface area contributed by atoms with E-state index < -0.39 is 4.92 Å². The summed E-state index contributed by atoms with van der Waals surface area (Å²) < 4.78 is 1.67. The van der Waals surface area contributed by atoms with Crippen LogP contribution in [-0.2, 0) is 13.6 Å². The van der Waals surface area contributed by atoms with Gasteiger partial charge in [0, 0.05) is 25.4 Å². The van der Waals surface area contributed by atoms with Crippen LogP contribution in [0.25, 0.3) is 0 Å². The molecule has 0 atom stereocenters. The molecule has 0 radical (unpaired) electrons. The number of hydrogen-bond acceptors (Lipinski definition) is 5. The Balaban J connectivity index is 2.19. The van der Waals surface area contributed by atoms with E-state index in [0.29, 0.717) is 12.2 Å². The second-order valence-corrected chi connectivity index (χ2v) is 3.88. The highest BCUT2D eigenvalue weighted by Crippen LogP contribution is 2.30. The molecule has 0 aliphatic rings. The number of nitrogens with zero attached hydrogens (tertiary/aromatic N) is 3. The highest BCUT2D eigenvalue weighted by atomic mass is 16.6. The van der Waals surface area contributed by atoms with E-state index in [9.17, 15) is 10.1 Å². The van der Waals surface area contributed by atoms with Crippen LogP contribution < -0.4 is 11.1 Å². The Labute approximate surface area is 103 Å². The van der Waals surface area contributed by atoms with E-state index in [4.69, 9.17) is 5.73 Å². The number of hydrogen-bond donors (Lipinski definition) is 2. The van der Waals surface area contributed by atoms with Gasteiger partial charge in [0.1, 0.15) is 11.4 Å². The van der Waals surface area contributed by atoms with Crippen LogP contribution in [0.1, 0.15) is 5.56 Å². The molecule has 0 saturated carbocycles. The maximum atomic E-state index is 10.9. The molecule has 7 nitrogen and oxygen atoms in total. The summed E-state index contributed by atoms with van der Waals surface area (Å²) in [6.45, 7) is 0.456. The van der Waals surface area contributed by atoms with E-state index in [0.717, 1.165) is 5.56 Å². The van der Waals surface area contributed by atoms with Crippen molar-refractivity contribution < 1.29 is 4.92 Å². The Morgan fingerprint density at radius 1 is 1.56 bits per heavy atom. The highest BCUT2D eigenvalue weighted by molar-refractivity contribution is 5.74. The number of nitrogen functional groups attached to an aromatic ring is 1. The predicted octanol–water partition coefficient (Wildman–Crippen LogP) is 1.52. The molecule has 2 aromatic rings. The number of nitro benzene ring substituents is 1. The van der Waals surface area contributed by atoms with Crippen molar-refractivity contribution in [2.75, 3.05) is 11.1 Å². The molecule has 0 aliphatic heterocycles. The molecule has 94 valence electrons. The lowest BCUT2D eigenvalue weighted by Gasteiger charge is -2.07. The quantitative estimate of drug-likeness (QED) is 0.485. The van der Waals surface area contributed by atoms with Gasteiger partial charge in [0.15, 0.2) is 0 Å². The van der Waals surface area contributed by atoms with Gasteiger partial charge >= 0.3 is 5.69 Å². The minimum atomic E-state index is -0.485. The lowest BCUT2D eigenvalue weighted by molar-refractivity contribution is -0.383. The lowest BCUT2D eigenvalue weighted by atomic mass is 10.2. The summed E-state index contributed by atoms with van der Waals surface area (Å²) in [7, 11) is 1.81. The number of rotatable bonds is 4. The van der Waals surface area contributed by atoms with Crippen molar-refractivity contribution in [3.05, 3.63) is 46.3 Å². The van der Waals surface area contributed by atoms with Crippen LogP contribution in [0.3, 0.4) is 0 Å². The van der Waals surface area contributed by atoms with Crippen molar-refractivity contribution in [3.8, 4) is 0 Å². The van der Waals surface area contributed by atoms with Crippen LogP contribution >= 0.6 is 0 Å². The SMILES string of the molecule is Cn1cc(CNc2cccc(N)c2[N+](=O)[O-])cn1. The summed E-state index contributed by atoms with van der Waals surface area (Å²) in [5.74, 6) is 0. The molecule has 0 unspecified atom stereocenters. The molecule has 0 aliphatic carbocycles. The fraction of sp³-hybridized carbons (Fsp3) is 0.182. The van der Waals surface area contributed by atoms with Gasteiger partial charge in [-0.3, -0.25) is 14.8 Å². The number of anilines is 2. The zero-order valence-corrected chi connectivity index (χ0v) is 9.83. The van der Waals surface area contributed by atoms with Crippen molar-refractivity contribution in [1.29, 1.82) is 0 Å². The van der Waals surface area contributed by atoms with E-state index in [1.807, 2.05) is 13.2 Å². The van der Waals surface area contributed by atoms with Gasteiger partial charge in [-0.1, -0.05) is 6.07 Å². The summed E-state index contributed by atoms with van der Waals surface area (Å²) in [6, 6.07) is 4.81. The first-order chi connectivity index (χ1) is 8.58. The maximum absolute atomic E-state index is 10.9. The molecule has 1 aromatic heterocycles. The summed E-state index contributed by atoms with van der Waals surface area (Å²) in [6.07, 6.45) is 3.54. The Bertz CT molecular complexity index is 579. The number of nitrogens with two attached hydrogens (primary N) is 1. The fourth-order valence-electron chi connectivity index (χ4n) is 1.67. The Hall–Kier alpha value is -2.57.